The fraction of sp³-hybridized carbons (Fsp3) is 0.929. The van der Waals surface area contributed by atoms with Crippen molar-refractivity contribution in [2.75, 3.05) is 6.67 Å². The molecular formula is C14H18F4O2. The van der Waals surface area contributed by atoms with Gasteiger partial charge in [0.1, 0.15) is 6.67 Å². The van der Waals surface area contributed by atoms with Crippen molar-refractivity contribution in [1.82, 2.24) is 0 Å². The molecule has 6 heteroatoms. The highest BCUT2D eigenvalue weighted by atomic mass is 19.4. The Bertz CT molecular complexity index is 369. The molecule has 0 aliphatic heterocycles. The fourth-order valence-corrected chi connectivity index (χ4v) is 4.80. The van der Waals surface area contributed by atoms with Gasteiger partial charge in [-0.05, 0) is 56.3 Å². The fourth-order valence-electron chi connectivity index (χ4n) is 4.80. The molecule has 4 fully saturated rings. The third-order valence-corrected chi connectivity index (χ3v) is 5.23. The lowest BCUT2D eigenvalue weighted by Crippen LogP contribution is -2.52. The first-order valence-corrected chi connectivity index (χ1v) is 7.16. The van der Waals surface area contributed by atoms with Crippen molar-refractivity contribution in [2.45, 2.75) is 50.8 Å². The second-order valence-electron chi connectivity index (χ2n) is 6.79. The summed E-state index contributed by atoms with van der Waals surface area (Å²) in [4.78, 5) is 12.2. The van der Waals surface area contributed by atoms with Gasteiger partial charge in [0.15, 0.2) is 0 Å². The van der Waals surface area contributed by atoms with Gasteiger partial charge in [-0.1, -0.05) is 0 Å². The van der Waals surface area contributed by atoms with Gasteiger partial charge in [0.05, 0.1) is 5.41 Å². The van der Waals surface area contributed by atoms with Gasteiger partial charge in [-0.15, -0.1) is 0 Å². The average molecular weight is 294 g/mol. The number of alkyl halides is 4. The summed E-state index contributed by atoms with van der Waals surface area (Å²) in [6, 6.07) is 0. The Morgan fingerprint density at radius 3 is 1.90 bits per heavy atom. The Labute approximate surface area is 114 Å². The number of carbonyl (C=O) groups is 1. The molecule has 4 saturated carbocycles. The van der Waals surface area contributed by atoms with Gasteiger partial charge >= 0.3 is 12.1 Å². The normalized spacial score (nSPS) is 40.7. The van der Waals surface area contributed by atoms with Gasteiger partial charge in [0, 0.05) is 0 Å². The number of carbonyl (C=O) groups excluding carboxylic acids is 1. The van der Waals surface area contributed by atoms with E-state index in [4.69, 9.17) is 0 Å². The van der Waals surface area contributed by atoms with E-state index in [9.17, 15) is 22.4 Å². The van der Waals surface area contributed by atoms with Crippen molar-refractivity contribution in [1.29, 1.82) is 0 Å². The summed E-state index contributed by atoms with van der Waals surface area (Å²) in [6.07, 6.45) is -2.33. The molecule has 0 aromatic rings. The first-order chi connectivity index (χ1) is 9.32. The zero-order valence-electron chi connectivity index (χ0n) is 11.1. The van der Waals surface area contributed by atoms with Gasteiger partial charge in [-0.2, -0.15) is 13.2 Å². The molecule has 0 amide bonds. The Kier molecular flexibility index (Phi) is 3.25. The van der Waals surface area contributed by atoms with Crippen LogP contribution in [0.1, 0.15) is 38.5 Å². The van der Waals surface area contributed by atoms with E-state index in [1.807, 2.05) is 0 Å². The van der Waals surface area contributed by atoms with E-state index in [2.05, 4.69) is 4.74 Å². The Hall–Kier alpha value is -0.810. The van der Waals surface area contributed by atoms with Crippen molar-refractivity contribution in [3.63, 3.8) is 0 Å². The number of hydrogen-bond donors (Lipinski definition) is 0. The predicted molar refractivity (Wildman–Crippen MR) is 62.5 cm³/mol. The third kappa shape index (κ3) is 2.31. The molecule has 0 saturated heterocycles. The minimum Gasteiger partial charge on any atom is -0.449 e. The van der Waals surface area contributed by atoms with Crippen molar-refractivity contribution in [3.05, 3.63) is 0 Å². The summed E-state index contributed by atoms with van der Waals surface area (Å²) in [6.45, 7) is -1.71. The molecule has 1 atom stereocenters. The smallest absolute Gasteiger partial charge is 0.428 e. The van der Waals surface area contributed by atoms with E-state index in [-0.39, 0.29) is 0 Å². The molecule has 4 aliphatic rings. The van der Waals surface area contributed by atoms with E-state index < -0.39 is 30.3 Å². The molecule has 20 heavy (non-hydrogen) atoms. The molecule has 0 aromatic heterocycles. The molecule has 114 valence electrons. The largest absolute Gasteiger partial charge is 0.449 e. The number of hydrogen-bond acceptors (Lipinski definition) is 2. The standard InChI is InChI=1S/C14H18F4O2/c15-7-11(14(16,17)18)20-12(19)13-4-8-1-9(5-13)3-10(2-8)6-13/h8-11H,1-7H2. The van der Waals surface area contributed by atoms with Crippen LogP contribution < -0.4 is 0 Å². The summed E-state index contributed by atoms with van der Waals surface area (Å²) < 4.78 is 54.6. The highest BCUT2D eigenvalue weighted by Crippen LogP contribution is 2.60. The maximum absolute atomic E-state index is 12.5. The van der Waals surface area contributed by atoms with Crippen LogP contribution in [0.2, 0.25) is 0 Å². The van der Waals surface area contributed by atoms with Gasteiger partial charge in [-0.25, -0.2) is 4.39 Å². The zero-order chi connectivity index (χ0) is 14.5. The average Bonchev–Trinajstić information content (AvgIpc) is 2.32. The van der Waals surface area contributed by atoms with Crippen LogP contribution >= 0.6 is 0 Å². The second kappa shape index (κ2) is 4.60. The number of esters is 1. The van der Waals surface area contributed by atoms with Crippen LogP contribution in [0.4, 0.5) is 17.6 Å². The molecule has 1 unspecified atom stereocenters. The van der Waals surface area contributed by atoms with Crippen LogP contribution in [-0.2, 0) is 9.53 Å². The lowest BCUT2D eigenvalue weighted by atomic mass is 9.49. The van der Waals surface area contributed by atoms with E-state index in [1.165, 1.54) is 0 Å². The molecular weight excluding hydrogens is 276 g/mol. The van der Waals surface area contributed by atoms with Gasteiger partial charge in [0.2, 0.25) is 6.10 Å². The van der Waals surface area contributed by atoms with Crippen LogP contribution in [0.15, 0.2) is 0 Å². The maximum Gasteiger partial charge on any atom is 0.428 e. The van der Waals surface area contributed by atoms with Gasteiger partial charge in [-0.3, -0.25) is 4.79 Å². The molecule has 0 spiro atoms. The number of ether oxygens (including phenoxy) is 1. The van der Waals surface area contributed by atoms with E-state index in [1.54, 1.807) is 0 Å². The summed E-state index contributed by atoms with van der Waals surface area (Å²) in [5, 5.41) is 0. The Morgan fingerprint density at radius 1 is 1.10 bits per heavy atom. The first-order valence-electron chi connectivity index (χ1n) is 7.16. The summed E-state index contributed by atoms with van der Waals surface area (Å²) >= 11 is 0. The molecule has 0 N–H and O–H groups in total. The highest BCUT2D eigenvalue weighted by molar-refractivity contribution is 5.77. The molecule has 0 aromatic carbocycles. The number of halogens is 4. The SMILES string of the molecule is O=C(OC(CF)C(F)(F)F)C12CC3CC(CC(C3)C1)C2. The minimum atomic E-state index is -4.83. The first kappa shape index (κ1) is 14.1. The third-order valence-electron chi connectivity index (χ3n) is 5.23. The van der Waals surface area contributed by atoms with E-state index in [0.29, 0.717) is 37.0 Å². The Balaban J connectivity index is 1.74. The van der Waals surface area contributed by atoms with Crippen molar-refractivity contribution >= 4 is 5.97 Å². The summed E-state index contributed by atoms with van der Waals surface area (Å²) in [7, 11) is 0. The van der Waals surface area contributed by atoms with E-state index >= 15 is 0 Å². The minimum absolute atomic E-state index is 0.434. The molecule has 4 aliphatic carbocycles. The monoisotopic (exact) mass is 294 g/mol. The number of rotatable bonds is 3. The van der Waals surface area contributed by atoms with Crippen LogP contribution in [0.25, 0.3) is 0 Å². The molecule has 0 heterocycles. The van der Waals surface area contributed by atoms with E-state index in [0.717, 1.165) is 19.3 Å². The van der Waals surface area contributed by atoms with Gasteiger partial charge in [0.25, 0.3) is 0 Å². The van der Waals surface area contributed by atoms with Crippen LogP contribution in [0.3, 0.4) is 0 Å². The topological polar surface area (TPSA) is 26.3 Å². The van der Waals surface area contributed by atoms with Crippen molar-refractivity contribution < 1.29 is 27.1 Å². The van der Waals surface area contributed by atoms with Gasteiger partial charge < -0.3 is 4.74 Å². The maximum atomic E-state index is 12.5. The lowest BCUT2D eigenvalue weighted by Gasteiger charge is -2.55. The Morgan fingerprint density at radius 2 is 1.55 bits per heavy atom. The zero-order valence-corrected chi connectivity index (χ0v) is 11.1. The molecule has 4 rings (SSSR count). The quantitative estimate of drug-likeness (QED) is 0.586. The predicted octanol–water partition coefficient (Wildman–Crippen LogP) is 3.65. The lowest BCUT2D eigenvalue weighted by molar-refractivity contribution is -0.234. The van der Waals surface area contributed by atoms with Crippen molar-refractivity contribution in [3.8, 4) is 0 Å². The van der Waals surface area contributed by atoms with Crippen LogP contribution in [0.5, 0.6) is 0 Å². The highest BCUT2D eigenvalue weighted by Gasteiger charge is 2.57. The van der Waals surface area contributed by atoms with Crippen molar-refractivity contribution in [2.24, 2.45) is 23.2 Å². The second-order valence-corrected chi connectivity index (χ2v) is 6.79. The van der Waals surface area contributed by atoms with Crippen LogP contribution in [-0.4, -0.2) is 24.9 Å². The summed E-state index contributed by atoms with van der Waals surface area (Å²) in [5.41, 5.74) is -0.770. The van der Waals surface area contributed by atoms with Crippen LogP contribution in [0, 0.1) is 23.2 Å². The molecule has 0 radical (unpaired) electrons. The molecule has 4 bridgehead atoms. The summed E-state index contributed by atoms with van der Waals surface area (Å²) in [5.74, 6) is 0.479. The molecule has 2 nitrogen and oxygen atoms in total.